The van der Waals surface area contributed by atoms with Crippen LogP contribution < -0.4 is 4.74 Å². The molecule has 0 aliphatic rings. The van der Waals surface area contributed by atoms with Crippen molar-refractivity contribution in [3.63, 3.8) is 0 Å². The maximum Gasteiger partial charge on any atom is 0.344 e. The van der Waals surface area contributed by atoms with Gasteiger partial charge in [0.05, 0.1) is 6.20 Å². The summed E-state index contributed by atoms with van der Waals surface area (Å²) in [5, 5.41) is 12.8. The lowest BCUT2D eigenvalue weighted by molar-refractivity contribution is -0.144. The van der Waals surface area contributed by atoms with Crippen molar-refractivity contribution in [2.24, 2.45) is 7.05 Å². The lowest BCUT2D eigenvalue weighted by Gasteiger charge is -2.10. The second-order valence-corrected chi connectivity index (χ2v) is 4.77. The second-order valence-electron chi connectivity index (χ2n) is 4.77. The predicted molar refractivity (Wildman–Crippen MR) is 80.7 cm³/mol. The quantitative estimate of drug-likeness (QED) is 0.653. The summed E-state index contributed by atoms with van der Waals surface area (Å²) in [5.41, 5.74) is 1.33. The Morgan fingerprint density at radius 1 is 1.32 bits per heavy atom. The largest absolute Gasteiger partial charge is 0.479 e. The van der Waals surface area contributed by atoms with Gasteiger partial charge in [0, 0.05) is 24.4 Å². The van der Waals surface area contributed by atoms with Crippen molar-refractivity contribution < 1.29 is 19.4 Å². The van der Waals surface area contributed by atoms with E-state index in [1.54, 1.807) is 54.5 Å². The lowest BCUT2D eigenvalue weighted by Crippen LogP contribution is -2.22. The molecule has 1 aromatic heterocycles. The molecule has 1 heterocycles. The van der Waals surface area contributed by atoms with E-state index in [1.165, 1.54) is 13.0 Å². The lowest BCUT2D eigenvalue weighted by atomic mass is 10.1. The van der Waals surface area contributed by atoms with Gasteiger partial charge in [-0.15, -0.1) is 0 Å². The molecular formula is C16H16N2O4. The topological polar surface area (TPSA) is 81.4 Å². The Balaban J connectivity index is 2.02. The summed E-state index contributed by atoms with van der Waals surface area (Å²) in [4.78, 5) is 22.7. The summed E-state index contributed by atoms with van der Waals surface area (Å²) >= 11 is 0. The van der Waals surface area contributed by atoms with Crippen LogP contribution in [0.2, 0.25) is 0 Å². The molecule has 1 atom stereocenters. The first-order chi connectivity index (χ1) is 10.5. The van der Waals surface area contributed by atoms with E-state index in [9.17, 15) is 9.59 Å². The number of aryl methyl sites for hydroxylation is 1. The summed E-state index contributed by atoms with van der Waals surface area (Å²) in [7, 11) is 1.80. The van der Waals surface area contributed by atoms with Crippen molar-refractivity contribution in [1.29, 1.82) is 0 Å². The molecule has 6 nitrogen and oxygen atoms in total. The van der Waals surface area contributed by atoms with Gasteiger partial charge in [0.25, 0.3) is 0 Å². The van der Waals surface area contributed by atoms with Gasteiger partial charge < -0.3 is 9.84 Å². The fourth-order valence-corrected chi connectivity index (χ4v) is 1.75. The van der Waals surface area contributed by atoms with Crippen LogP contribution >= 0.6 is 0 Å². The van der Waals surface area contributed by atoms with Crippen LogP contribution in [0.15, 0.2) is 42.7 Å². The first kappa shape index (κ1) is 15.5. The monoisotopic (exact) mass is 300 g/mol. The fourth-order valence-electron chi connectivity index (χ4n) is 1.75. The average molecular weight is 300 g/mol. The molecule has 1 aromatic carbocycles. The molecule has 2 rings (SSSR count). The molecular weight excluding hydrogens is 284 g/mol. The van der Waals surface area contributed by atoms with Gasteiger partial charge in [0.1, 0.15) is 5.75 Å². The number of hydrogen-bond acceptors (Lipinski definition) is 4. The SMILES string of the molecule is CC(Oc1ccc(C(=O)C=Cc2cnn(C)c2)cc1)C(=O)O. The van der Waals surface area contributed by atoms with E-state index < -0.39 is 12.1 Å². The zero-order chi connectivity index (χ0) is 16.1. The van der Waals surface area contributed by atoms with Crippen LogP contribution in [0, 0.1) is 0 Å². The highest BCUT2D eigenvalue weighted by atomic mass is 16.5. The smallest absolute Gasteiger partial charge is 0.344 e. The maximum atomic E-state index is 12.0. The van der Waals surface area contributed by atoms with Gasteiger partial charge >= 0.3 is 5.97 Å². The van der Waals surface area contributed by atoms with E-state index in [2.05, 4.69) is 5.10 Å². The number of carboxylic acids is 1. The Labute approximate surface area is 127 Å². The molecule has 0 fully saturated rings. The molecule has 114 valence electrons. The molecule has 0 spiro atoms. The molecule has 6 heteroatoms. The Morgan fingerprint density at radius 3 is 2.55 bits per heavy atom. The van der Waals surface area contributed by atoms with Crippen LogP contribution in [0.3, 0.4) is 0 Å². The van der Waals surface area contributed by atoms with Crippen molar-refractivity contribution in [2.45, 2.75) is 13.0 Å². The number of nitrogens with zero attached hydrogens (tertiary/aromatic N) is 2. The minimum atomic E-state index is -1.04. The van der Waals surface area contributed by atoms with E-state index in [0.29, 0.717) is 11.3 Å². The molecule has 2 aromatic rings. The first-order valence-corrected chi connectivity index (χ1v) is 6.66. The second kappa shape index (κ2) is 6.71. The van der Waals surface area contributed by atoms with Gasteiger partial charge in [-0.25, -0.2) is 4.79 Å². The third-order valence-corrected chi connectivity index (χ3v) is 2.95. The summed E-state index contributed by atoms with van der Waals surface area (Å²) in [6.07, 6.45) is 5.67. The number of rotatable bonds is 6. The molecule has 0 amide bonds. The number of hydrogen-bond donors (Lipinski definition) is 1. The Morgan fingerprint density at radius 2 is 2.00 bits per heavy atom. The number of carbonyl (C=O) groups is 2. The van der Waals surface area contributed by atoms with Crippen molar-refractivity contribution in [3.05, 3.63) is 53.9 Å². The molecule has 0 bridgehead atoms. The normalized spacial score (nSPS) is 12.3. The van der Waals surface area contributed by atoms with Crippen molar-refractivity contribution in [3.8, 4) is 5.75 Å². The zero-order valence-electron chi connectivity index (χ0n) is 12.3. The number of carboxylic acid groups (broad SMARTS) is 1. The van der Waals surface area contributed by atoms with E-state index >= 15 is 0 Å². The number of aromatic nitrogens is 2. The molecule has 1 N–H and O–H groups in total. The number of ketones is 1. The van der Waals surface area contributed by atoms with Gasteiger partial charge in [-0.2, -0.15) is 5.10 Å². The number of carbonyl (C=O) groups excluding carboxylic acids is 1. The zero-order valence-corrected chi connectivity index (χ0v) is 12.3. The highest BCUT2D eigenvalue weighted by Crippen LogP contribution is 2.15. The van der Waals surface area contributed by atoms with E-state index in [0.717, 1.165) is 5.56 Å². The van der Waals surface area contributed by atoms with Gasteiger partial charge in [-0.1, -0.05) is 0 Å². The summed E-state index contributed by atoms with van der Waals surface area (Å²) in [5.74, 6) is -0.788. The summed E-state index contributed by atoms with van der Waals surface area (Å²) < 4.78 is 6.86. The molecule has 0 saturated heterocycles. The third-order valence-electron chi connectivity index (χ3n) is 2.95. The summed E-state index contributed by atoms with van der Waals surface area (Å²) in [6, 6.07) is 6.34. The molecule has 22 heavy (non-hydrogen) atoms. The van der Waals surface area contributed by atoms with Crippen LogP contribution in [-0.2, 0) is 11.8 Å². The van der Waals surface area contributed by atoms with Crippen LogP contribution in [0.1, 0.15) is 22.8 Å². The molecule has 0 radical (unpaired) electrons. The number of ether oxygens (including phenoxy) is 1. The standard InChI is InChI=1S/C16H16N2O4/c1-11(16(20)21)22-14-6-4-13(5-7-14)15(19)8-3-12-9-17-18(2)10-12/h3-11H,1-2H3,(H,20,21). The Kier molecular flexibility index (Phi) is 4.73. The first-order valence-electron chi connectivity index (χ1n) is 6.66. The molecule has 1 unspecified atom stereocenters. The minimum Gasteiger partial charge on any atom is -0.479 e. The van der Waals surface area contributed by atoms with Gasteiger partial charge in [-0.3, -0.25) is 9.48 Å². The van der Waals surface area contributed by atoms with E-state index in [-0.39, 0.29) is 5.78 Å². The highest BCUT2D eigenvalue weighted by Gasteiger charge is 2.12. The van der Waals surface area contributed by atoms with Crippen molar-refractivity contribution in [2.75, 3.05) is 0 Å². The van der Waals surface area contributed by atoms with E-state index in [4.69, 9.17) is 9.84 Å². The van der Waals surface area contributed by atoms with Crippen LogP contribution in [-0.4, -0.2) is 32.7 Å². The maximum absolute atomic E-state index is 12.0. The van der Waals surface area contributed by atoms with Crippen molar-refractivity contribution in [1.82, 2.24) is 9.78 Å². The molecule has 0 aliphatic carbocycles. The minimum absolute atomic E-state index is 0.151. The Bertz CT molecular complexity index is 701. The molecule has 0 aliphatic heterocycles. The number of aliphatic carboxylic acids is 1. The van der Waals surface area contributed by atoms with Gasteiger partial charge in [0.2, 0.25) is 0 Å². The van der Waals surface area contributed by atoms with Crippen LogP contribution in [0.5, 0.6) is 5.75 Å². The average Bonchev–Trinajstić information content (AvgIpc) is 2.91. The van der Waals surface area contributed by atoms with Gasteiger partial charge in [0.15, 0.2) is 11.9 Å². The fraction of sp³-hybridized carbons (Fsp3) is 0.188. The summed E-state index contributed by atoms with van der Waals surface area (Å²) in [6.45, 7) is 1.44. The van der Waals surface area contributed by atoms with Crippen LogP contribution in [0.25, 0.3) is 6.08 Å². The highest BCUT2D eigenvalue weighted by molar-refractivity contribution is 6.06. The van der Waals surface area contributed by atoms with Crippen molar-refractivity contribution >= 4 is 17.8 Å². The predicted octanol–water partition coefficient (Wildman–Crippen LogP) is 2.17. The molecule has 0 saturated carbocycles. The van der Waals surface area contributed by atoms with Crippen LogP contribution in [0.4, 0.5) is 0 Å². The number of allylic oxidation sites excluding steroid dienone is 1. The Hall–Kier alpha value is -2.89. The number of benzene rings is 1. The van der Waals surface area contributed by atoms with E-state index in [1.807, 2.05) is 0 Å². The van der Waals surface area contributed by atoms with Gasteiger partial charge in [-0.05, 0) is 43.3 Å². The third kappa shape index (κ3) is 4.05.